The van der Waals surface area contributed by atoms with Gasteiger partial charge in [0.2, 0.25) is 0 Å². The molecule has 1 aliphatic heterocycles. The molecule has 1 N–H and O–H groups in total. The maximum Gasteiger partial charge on any atom is 0.409 e. The van der Waals surface area contributed by atoms with E-state index in [1.54, 1.807) is 11.1 Å². The van der Waals surface area contributed by atoms with E-state index >= 15 is 0 Å². The second-order valence-electron chi connectivity index (χ2n) is 5.61. The van der Waals surface area contributed by atoms with Gasteiger partial charge in [0.1, 0.15) is 0 Å². The van der Waals surface area contributed by atoms with E-state index in [4.69, 9.17) is 9.73 Å². The number of guanidine groups is 1. The molecule has 1 fully saturated rings. The third-order valence-electron chi connectivity index (χ3n) is 3.94. The molecule has 0 atom stereocenters. The van der Waals surface area contributed by atoms with Gasteiger partial charge in [-0.3, -0.25) is 4.98 Å². The summed E-state index contributed by atoms with van der Waals surface area (Å²) >= 11 is 0. The average molecular weight is 333 g/mol. The molecule has 7 nitrogen and oxygen atoms in total. The monoisotopic (exact) mass is 333 g/mol. The highest BCUT2D eigenvalue weighted by Crippen LogP contribution is 2.07. The number of nitrogens with zero attached hydrogens (tertiary/aromatic N) is 4. The Morgan fingerprint density at radius 2 is 2.00 bits per heavy atom. The first kappa shape index (κ1) is 18.0. The molecular weight excluding hydrogens is 306 g/mol. The molecule has 0 spiro atoms. The molecule has 1 aliphatic rings. The molecule has 0 unspecified atom stereocenters. The number of ether oxygens (including phenoxy) is 1. The zero-order valence-corrected chi connectivity index (χ0v) is 14.8. The van der Waals surface area contributed by atoms with E-state index in [-0.39, 0.29) is 6.09 Å². The summed E-state index contributed by atoms with van der Waals surface area (Å²) in [6, 6.07) is 3.98. The van der Waals surface area contributed by atoms with Crippen molar-refractivity contribution in [3.8, 4) is 0 Å². The van der Waals surface area contributed by atoms with Crippen molar-refractivity contribution in [2.45, 2.75) is 27.3 Å². The van der Waals surface area contributed by atoms with E-state index in [1.165, 1.54) is 0 Å². The van der Waals surface area contributed by atoms with Crippen molar-refractivity contribution in [3.05, 3.63) is 29.6 Å². The summed E-state index contributed by atoms with van der Waals surface area (Å²) in [5, 5.41) is 3.32. The van der Waals surface area contributed by atoms with E-state index in [1.807, 2.05) is 26.0 Å². The van der Waals surface area contributed by atoms with E-state index < -0.39 is 0 Å². The third-order valence-corrected chi connectivity index (χ3v) is 3.94. The van der Waals surface area contributed by atoms with Crippen molar-refractivity contribution >= 4 is 12.1 Å². The minimum Gasteiger partial charge on any atom is -0.450 e. The molecular formula is C17H27N5O2. The van der Waals surface area contributed by atoms with Gasteiger partial charge >= 0.3 is 6.09 Å². The van der Waals surface area contributed by atoms with Crippen LogP contribution in [0, 0.1) is 6.92 Å². The molecule has 1 aromatic heterocycles. The average Bonchev–Trinajstić information content (AvgIpc) is 2.60. The summed E-state index contributed by atoms with van der Waals surface area (Å²) in [5.41, 5.74) is 2.13. The van der Waals surface area contributed by atoms with Crippen LogP contribution < -0.4 is 5.32 Å². The number of aromatic nitrogens is 1. The molecule has 0 bridgehead atoms. The molecule has 7 heteroatoms. The zero-order chi connectivity index (χ0) is 17.4. The highest BCUT2D eigenvalue weighted by molar-refractivity contribution is 5.80. The van der Waals surface area contributed by atoms with Crippen LogP contribution in [0.25, 0.3) is 0 Å². The summed E-state index contributed by atoms with van der Waals surface area (Å²) in [7, 11) is 0. The number of carbonyl (C=O) groups is 1. The minimum absolute atomic E-state index is 0.233. The second kappa shape index (κ2) is 9.10. The predicted octanol–water partition coefficient (Wildman–Crippen LogP) is 1.63. The third kappa shape index (κ3) is 4.84. The highest BCUT2D eigenvalue weighted by Gasteiger charge is 2.23. The van der Waals surface area contributed by atoms with Gasteiger partial charge in [0.05, 0.1) is 18.8 Å². The lowest BCUT2D eigenvalue weighted by Crippen LogP contribution is -2.53. The van der Waals surface area contributed by atoms with Crippen molar-refractivity contribution < 1.29 is 9.53 Å². The Morgan fingerprint density at radius 3 is 2.62 bits per heavy atom. The van der Waals surface area contributed by atoms with E-state index in [0.29, 0.717) is 26.2 Å². The fraction of sp³-hybridized carbons (Fsp3) is 0.588. The van der Waals surface area contributed by atoms with Gasteiger partial charge in [-0.15, -0.1) is 0 Å². The molecule has 1 amide bonds. The molecule has 1 saturated heterocycles. The topological polar surface area (TPSA) is 70.1 Å². The number of nitrogens with one attached hydrogen (secondary N) is 1. The van der Waals surface area contributed by atoms with Gasteiger partial charge in [0, 0.05) is 38.9 Å². The van der Waals surface area contributed by atoms with Crippen LogP contribution in [0.4, 0.5) is 4.79 Å². The van der Waals surface area contributed by atoms with Gasteiger partial charge in [-0.1, -0.05) is 6.07 Å². The quantitative estimate of drug-likeness (QED) is 0.670. The SMILES string of the molecule is CCNC(=NCc1ncccc1C)N1CCN(C(=O)OCC)CC1. The van der Waals surface area contributed by atoms with Crippen LogP contribution in [0.15, 0.2) is 23.3 Å². The van der Waals surface area contributed by atoms with Crippen molar-refractivity contribution in [1.29, 1.82) is 0 Å². The van der Waals surface area contributed by atoms with E-state index in [0.717, 1.165) is 36.9 Å². The number of pyridine rings is 1. The molecule has 0 aliphatic carbocycles. The van der Waals surface area contributed by atoms with Crippen molar-refractivity contribution in [1.82, 2.24) is 20.1 Å². The molecule has 1 aromatic rings. The minimum atomic E-state index is -0.233. The Morgan fingerprint density at radius 1 is 1.29 bits per heavy atom. The second-order valence-corrected chi connectivity index (χ2v) is 5.61. The molecule has 0 aromatic carbocycles. The molecule has 2 rings (SSSR count). The number of rotatable bonds is 4. The number of hydrogen-bond acceptors (Lipinski definition) is 4. The van der Waals surface area contributed by atoms with Gasteiger partial charge in [0.15, 0.2) is 5.96 Å². The Labute approximate surface area is 143 Å². The first-order valence-corrected chi connectivity index (χ1v) is 8.51. The summed E-state index contributed by atoms with van der Waals surface area (Å²) in [6.07, 6.45) is 1.56. The summed E-state index contributed by atoms with van der Waals surface area (Å²) in [5.74, 6) is 0.867. The summed E-state index contributed by atoms with van der Waals surface area (Å²) < 4.78 is 5.06. The van der Waals surface area contributed by atoms with Crippen LogP contribution in [-0.4, -0.2) is 66.2 Å². The zero-order valence-electron chi connectivity index (χ0n) is 14.8. The lowest BCUT2D eigenvalue weighted by molar-refractivity contribution is 0.0914. The fourth-order valence-corrected chi connectivity index (χ4v) is 2.58. The van der Waals surface area contributed by atoms with Gasteiger partial charge < -0.3 is 19.9 Å². The lowest BCUT2D eigenvalue weighted by Gasteiger charge is -2.35. The molecule has 132 valence electrons. The normalized spacial score (nSPS) is 15.4. The maximum absolute atomic E-state index is 11.8. The largest absolute Gasteiger partial charge is 0.450 e. The number of aryl methyl sites for hydroxylation is 1. The summed E-state index contributed by atoms with van der Waals surface area (Å²) in [6.45, 7) is 10.5. The molecule has 2 heterocycles. The van der Waals surface area contributed by atoms with Crippen LogP contribution >= 0.6 is 0 Å². The van der Waals surface area contributed by atoms with Crippen LogP contribution in [0.1, 0.15) is 25.1 Å². The lowest BCUT2D eigenvalue weighted by atomic mass is 10.2. The number of piperazine rings is 1. The predicted molar refractivity (Wildman–Crippen MR) is 94.0 cm³/mol. The number of amides is 1. The fourth-order valence-electron chi connectivity index (χ4n) is 2.58. The maximum atomic E-state index is 11.8. The Balaban J connectivity index is 1.97. The van der Waals surface area contributed by atoms with E-state index in [9.17, 15) is 4.79 Å². The molecule has 24 heavy (non-hydrogen) atoms. The standard InChI is InChI=1S/C17H27N5O2/c1-4-18-16(20-13-15-14(3)7-6-8-19-15)21-9-11-22(12-10-21)17(23)24-5-2/h6-8H,4-5,9-13H2,1-3H3,(H,18,20). The van der Waals surface area contributed by atoms with Gasteiger partial charge in [0.25, 0.3) is 0 Å². The summed E-state index contributed by atoms with van der Waals surface area (Å²) in [4.78, 5) is 24.8. The van der Waals surface area contributed by atoms with Crippen molar-refractivity contribution in [2.24, 2.45) is 4.99 Å². The first-order chi connectivity index (χ1) is 11.7. The number of aliphatic imine (C=N–C) groups is 1. The van der Waals surface area contributed by atoms with Crippen LogP contribution in [0.5, 0.6) is 0 Å². The molecule has 0 radical (unpaired) electrons. The van der Waals surface area contributed by atoms with Crippen LogP contribution in [0.3, 0.4) is 0 Å². The van der Waals surface area contributed by atoms with E-state index in [2.05, 4.69) is 22.1 Å². The van der Waals surface area contributed by atoms with Crippen molar-refractivity contribution in [3.63, 3.8) is 0 Å². The van der Waals surface area contributed by atoms with Gasteiger partial charge in [-0.05, 0) is 32.4 Å². The smallest absolute Gasteiger partial charge is 0.409 e. The first-order valence-electron chi connectivity index (χ1n) is 8.51. The molecule has 0 saturated carbocycles. The number of carbonyl (C=O) groups excluding carboxylic acids is 1. The Hall–Kier alpha value is -2.31. The van der Waals surface area contributed by atoms with Gasteiger partial charge in [-0.2, -0.15) is 0 Å². The van der Waals surface area contributed by atoms with Crippen molar-refractivity contribution in [2.75, 3.05) is 39.3 Å². The van der Waals surface area contributed by atoms with Crippen LogP contribution in [0.2, 0.25) is 0 Å². The van der Waals surface area contributed by atoms with Crippen LogP contribution in [-0.2, 0) is 11.3 Å². The van der Waals surface area contributed by atoms with Gasteiger partial charge in [-0.25, -0.2) is 9.79 Å². The number of hydrogen-bond donors (Lipinski definition) is 1. The Kier molecular flexibility index (Phi) is 6.84. The Bertz CT molecular complexity index is 568. The highest BCUT2D eigenvalue weighted by atomic mass is 16.6.